The third-order valence-corrected chi connectivity index (χ3v) is 1.92. The number of nitrogens with two attached hydrogens (primary N) is 1. The molecular weight excluding hydrogens is 204 g/mol. The lowest BCUT2D eigenvalue weighted by Gasteiger charge is -2.06. The van der Waals surface area contributed by atoms with Gasteiger partial charge in [0.25, 0.3) is 0 Å². The van der Waals surface area contributed by atoms with E-state index in [0.29, 0.717) is 11.3 Å². The monoisotopic (exact) mass is 212 g/mol. The van der Waals surface area contributed by atoms with Crippen LogP contribution in [0.5, 0.6) is 11.6 Å². The zero-order valence-electron chi connectivity index (χ0n) is 8.29. The van der Waals surface area contributed by atoms with Crippen LogP contribution in [-0.4, -0.2) is 9.97 Å². The van der Waals surface area contributed by atoms with E-state index in [2.05, 4.69) is 9.97 Å². The molecule has 0 bridgehead atoms. The third-order valence-electron chi connectivity index (χ3n) is 1.92. The highest BCUT2D eigenvalue weighted by Gasteiger charge is 2.07. The van der Waals surface area contributed by atoms with Crippen LogP contribution in [0, 0.1) is 11.3 Å². The molecule has 0 fully saturated rings. The van der Waals surface area contributed by atoms with Gasteiger partial charge in [-0.1, -0.05) is 0 Å². The highest BCUT2D eigenvalue weighted by molar-refractivity contribution is 5.60. The van der Waals surface area contributed by atoms with Crippen molar-refractivity contribution in [2.45, 2.75) is 0 Å². The van der Waals surface area contributed by atoms with E-state index in [1.807, 2.05) is 6.07 Å². The smallest absolute Gasteiger partial charge is 0.244 e. The van der Waals surface area contributed by atoms with Gasteiger partial charge >= 0.3 is 0 Å². The van der Waals surface area contributed by atoms with E-state index in [1.54, 1.807) is 24.5 Å². The van der Waals surface area contributed by atoms with E-state index < -0.39 is 0 Å². The maximum atomic E-state index is 8.78. The van der Waals surface area contributed by atoms with E-state index in [9.17, 15) is 0 Å². The molecule has 0 aliphatic carbocycles. The number of pyridine rings is 2. The van der Waals surface area contributed by atoms with Crippen LogP contribution in [0.1, 0.15) is 5.56 Å². The second kappa shape index (κ2) is 4.28. The molecule has 5 nitrogen and oxygen atoms in total. The standard InChI is InChI=1S/C11H8N4O/c12-6-8-3-5-15-11(10(8)13)16-9-2-1-4-14-7-9/h1-5,7H,13H2. The van der Waals surface area contributed by atoms with Gasteiger partial charge in [-0.3, -0.25) is 4.98 Å². The summed E-state index contributed by atoms with van der Waals surface area (Å²) in [5.41, 5.74) is 6.28. The van der Waals surface area contributed by atoms with Gasteiger partial charge in [-0.05, 0) is 18.2 Å². The molecule has 0 unspecified atom stereocenters. The van der Waals surface area contributed by atoms with Crippen molar-refractivity contribution in [3.63, 3.8) is 0 Å². The van der Waals surface area contributed by atoms with Crippen LogP contribution in [0.15, 0.2) is 36.8 Å². The summed E-state index contributed by atoms with van der Waals surface area (Å²) < 4.78 is 5.40. The first-order chi connectivity index (χ1) is 7.81. The Bertz CT molecular complexity index is 533. The largest absolute Gasteiger partial charge is 0.435 e. The lowest BCUT2D eigenvalue weighted by Crippen LogP contribution is -1.97. The quantitative estimate of drug-likeness (QED) is 0.819. The summed E-state index contributed by atoms with van der Waals surface area (Å²) in [6, 6.07) is 6.96. The first-order valence-corrected chi connectivity index (χ1v) is 4.53. The predicted octanol–water partition coefficient (Wildman–Crippen LogP) is 1.72. The Hall–Kier alpha value is -2.61. The van der Waals surface area contributed by atoms with Gasteiger partial charge in [0.05, 0.1) is 11.8 Å². The van der Waals surface area contributed by atoms with Crippen LogP contribution < -0.4 is 10.5 Å². The lowest BCUT2D eigenvalue weighted by atomic mass is 10.2. The number of aromatic nitrogens is 2. The number of hydrogen-bond donors (Lipinski definition) is 1. The minimum atomic E-state index is 0.215. The molecule has 2 N–H and O–H groups in total. The number of ether oxygens (including phenoxy) is 1. The molecular formula is C11H8N4O. The van der Waals surface area contributed by atoms with Gasteiger partial charge in [-0.15, -0.1) is 0 Å². The summed E-state index contributed by atoms with van der Waals surface area (Å²) in [7, 11) is 0. The molecule has 0 radical (unpaired) electrons. The highest BCUT2D eigenvalue weighted by atomic mass is 16.5. The van der Waals surface area contributed by atoms with Crippen LogP contribution in [0.4, 0.5) is 5.69 Å². The zero-order valence-corrected chi connectivity index (χ0v) is 8.29. The van der Waals surface area contributed by atoms with Gasteiger partial charge in [0.2, 0.25) is 5.88 Å². The molecule has 78 valence electrons. The van der Waals surface area contributed by atoms with Crippen LogP contribution in [-0.2, 0) is 0 Å². The maximum absolute atomic E-state index is 8.78. The number of nitrogen functional groups attached to an aromatic ring is 1. The first kappa shape index (κ1) is 9.93. The first-order valence-electron chi connectivity index (χ1n) is 4.53. The summed E-state index contributed by atoms with van der Waals surface area (Å²) in [6.07, 6.45) is 4.65. The van der Waals surface area contributed by atoms with E-state index in [0.717, 1.165) is 0 Å². The van der Waals surface area contributed by atoms with Crippen LogP contribution in [0.2, 0.25) is 0 Å². The predicted molar refractivity (Wildman–Crippen MR) is 57.7 cm³/mol. The normalized spacial score (nSPS) is 9.44. The van der Waals surface area contributed by atoms with Crippen molar-refractivity contribution in [1.29, 1.82) is 5.26 Å². The van der Waals surface area contributed by atoms with E-state index in [-0.39, 0.29) is 11.6 Å². The fourth-order valence-corrected chi connectivity index (χ4v) is 1.15. The summed E-state index contributed by atoms with van der Waals surface area (Å²) in [4.78, 5) is 7.85. The van der Waals surface area contributed by atoms with Gasteiger partial charge in [0, 0.05) is 12.4 Å². The molecule has 0 amide bonds. The molecule has 0 saturated heterocycles. The molecule has 2 heterocycles. The molecule has 2 aromatic rings. The second-order valence-corrected chi connectivity index (χ2v) is 2.98. The van der Waals surface area contributed by atoms with E-state index in [1.165, 1.54) is 12.3 Å². The van der Waals surface area contributed by atoms with Crippen molar-refractivity contribution in [2.24, 2.45) is 0 Å². The molecule has 0 saturated carbocycles. The van der Waals surface area contributed by atoms with Gasteiger partial charge in [0.15, 0.2) is 0 Å². The van der Waals surface area contributed by atoms with Crippen molar-refractivity contribution in [1.82, 2.24) is 9.97 Å². The molecule has 2 rings (SSSR count). The number of anilines is 1. The second-order valence-electron chi connectivity index (χ2n) is 2.98. The number of hydrogen-bond acceptors (Lipinski definition) is 5. The molecule has 2 aromatic heterocycles. The molecule has 0 aromatic carbocycles. The van der Waals surface area contributed by atoms with Gasteiger partial charge in [-0.25, -0.2) is 4.98 Å². The van der Waals surface area contributed by atoms with Gasteiger partial charge < -0.3 is 10.5 Å². The van der Waals surface area contributed by atoms with Crippen LogP contribution in [0.3, 0.4) is 0 Å². The summed E-state index contributed by atoms with van der Waals surface area (Å²) in [5, 5.41) is 8.78. The van der Waals surface area contributed by atoms with E-state index in [4.69, 9.17) is 15.7 Å². The Morgan fingerprint density at radius 1 is 1.31 bits per heavy atom. The third kappa shape index (κ3) is 1.91. The molecule has 0 aliphatic rings. The Labute approximate surface area is 92.1 Å². The van der Waals surface area contributed by atoms with Crippen molar-refractivity contribution >= 4 is 5.69 Å². The number of nitriles is 1. The van der Waals surface area contributed by atoms with Gasteiger partial charge in [0.1, 0.15) is 17.5 Å². The molecule has 0 spiro atoms. The van der Waals surface area contributed by atoms with Crippen molar-refractivity contribution in [3.05, 3.63) is 42.4 Å². The Kier molecular flexibility index (Phi) is 2.65. The lowest BCUT2D eigenvalue weighted by molar-refractivity contribution is 0.463. The van der Waals surface area contributed by atoms with Crippen LogP contribution in [0.25, 0.3) is 0 Å². The number of nitrogens with zero attached hydrogens (tertiary/aromatic N) is 3. The summed E-state index contributed by atoms with van der Waals surface area (Å²) in [6.45, 7) is 0. The maximum Gasteiger partial charge on any atom is 0.244 e. The van der Waals surface area contributed by atoms with E-state index >= 15 is 0 Å². The minimum Gasteiger partial charge on any atom is -0.435 e. The minimum absolute atomic E-state index is 0.215. The highest BCUT2D eigenvalue weighted by Crippen LogP contribution is 2.26. The summed E-state index contributed by atoms with van der Waals surface area (Å²) in [5.74, 6) is 0.740. The Balaban J connectivity index is 2.33. The van der Waals surface area contributed by atoms with Crippen molar-refractivity contribution < 1.29 is 4.74 Å². The molecule has 5 heteroatoms. The molecule has 0 atom stereocenters. The van der Waals surface area contributed by atoms with Crippen molar-refractivity contribution in [2.75, 3.05) is 5.73 Å². The SMILES string of the molecule is N#Cc1ccnc(Oc2cccnc2)c1N. The molecule has 0 aliphatic heterocycles. The fourth-order valence-electron chi connectivity index (χ4n) is 1.15. The number of rotatable bonds is 2. The topological polar surface area (TPSA) is 84.8 Å². The Morgan fingerprint density at radius 3 is 2.88 bits per heavy atom. The zero-order chi connectivity index (χ0) is 11.4. The molecule has 16 heavy (non-hydrogen) atoms. The fraction of sp³-hybridized carbons (Fsp3) is 0. The average molecular weight is 212 g/mol. The Morgan fingerprint density at radius 2 is 2.19 bits per heavy atom. The van der Waals surface area contributed by atoms with Gasteiger partial charge in [-0.2, -0.15) is 5.26 Å². The summed E-state index contributed by atoms with van der Waals surface area (Å²) >= 11 is 0. The average Bonchev–Trinajstić information content (AvgIpc) is 2.33. The van der Waals surface area contributed by atoms with Crippen LogP contribution >= 0.6 is 0 Å². The van der Waals surface area contributed by atoms with Crippen molar-refractivity contribution in [3.8, 4) is 17.7 Å².